The van der Waals surface area contributed by atoms with E-state index in [9.17, 15) is 9.18 Å². The summed E-state index contributed by atoms with van der Waals surface area (Å²) in [7, 11) is 0. The largest absolute Gasteiger partial charge is 0.473 e. The maximum absolute atomic E-state index is 15.6. The number of nitrogens with zero attached hydrogens (tertiary/aromatic N) is 4. The van der Waals surface area contributed by atoms with E-state index >= 15 is 4.39 Å². The van der Waals surface area contributed by atoms with Gasteiger partial charge in [0.25, 0.3) is 0 Å². The Hall–Kier alpha value is -5.14. The van der Waals surface area contributed by atoms with Gasteiger partial charge < -0.3 is 19.4 Å². The van der Waals surface area contributed by atoms with Crippen LogP contribution in [0.15, 0.2) is 72.8 Å². The Kier molecular flexibility index (Phi) is 8.52. The summed E-state index contributed by atoms with van der Waals surface area (Å²) in [5, 5.41) is 12.4. The molecule has 1 aliphatic rings. The van der Waals surface area contributed by atoms with Crippen LogP contribution in [0.1, 0.15) is 60.1 Å². The van der Waals surface area contributed by atoms with Crippen molar-refractivity contribution in [3.8, 4) is 23.2 Å². The molecule has 0 spiro atoms. The van der Waals surface area contributed by atoms with E-state index in [0.29, 0.717) is 40.3 Å². The van der Waals surface area contributed by atoms with Gasteiger partial charge in [0.2, 0.25) is 5.88 Å². The first kappa shape index (κ1) is 30.9. The average Bonchev–Trinajstić information content (AvgIpc) is 3.34. The number of rotatable bonds is 9. The van der Waals surface area contributed by atoms with E-state index in [0.717, 1.165) is 30.1 Å². The van der Waals surface area contributed by atoms with Gasteiger partial charge in [0.05, 0.1) is 33.9 Å². The zero-order valence-corrected chi connectivity index (χ0v) is 25.8. The van der Waals surface area contributed by atoms with Crippen molar-refractivity contribution in [2.24, 2.45) is 0 Å². The van der Waals surface area contributed by atoms with Crippen molar-refractivity contribution in [2.75, 3.05) is 6.54 Å². The molecule has 8 nitrogen and oxygen atoms in total. The van der Waals surface area contributed by atoms with Crippen LogP contribution in [0, 0.1) is 23.0 Å². The number of carbonyl (C=O) groups is 1. The molecule has 5 aromatic rings. The highest BCUT2D eigenvalue weighted by atomic mass is 19.1. The van der Waals surface area contributed by atoms with Crippen molar-refractivity contribution in [3.63, 3.8) is 0 Å². The number of hydrogen-bond acceptors (Lipinski definition) is 7. The molecule has 0 aliphatic carbocycles. The summed E-state index contributed by atoms with van der Waals surface area (Å²) in [6.07, 6.45) is 1.27. The van der Waals surface area contributed by atoms with Gasteiger partial charge in [0, 0.05) is 36.2 Å². The van der Waals surface area contributed by atoms with Gasteiger partial charge >= 0.3 is 5.97 Å². The maximum Gasteiger partial charge on any atom is 0.338 e. The van der Waals surface area contributed by atoms with E-state index in [1.54, 1.807) is 48.5 Å². The van der Waals surface area contributed by atoms with Crippen molar-refractivity contribution in [3.05, 3.63) is 113 Å². The molecule has 0 radical (unpaired) electrons. The number of esters is 1. The van der Waals surface area contributed by atoms with Crippen molar-refractivity contribution in [1.82, 2.24) is 19.9 Å². The van der Waals surface area contributed by atoms with E-state index in [2.05, 4.69) is 14.9 Å². The normalized spacial score (nSPS) is 14.5. The summed E-state index contributed by atoms with van der Waals surface area (Å²) in [6, 6.07) is 21.8. The van der Waals surface area contributed by atoms with Gasteiger partial charge in [0.15, 0.2) is 0 Å². The van der Waals surface area contributed by atoms with Gasteiger partial charge in [-0.1, -0.05) is 24.3 Å². The molecule has 1 atom stereocenters. The van der Waals surface area contributed by atoms with Crippen LogP contribution >= 0.6 is 0 Å². The van der Waals surface area contributed by atoms with E-state index < -0.39 is 23.2 Å². The summed E-state index contributed by atoms with van der Waals surface area (Å²) in [4.78, 5) is 22.1. The maximum atomic E-state index is 15.6. The molecular weight excluding hydrogens is 588 g/mol. The lowest BCUT2D eigenvalue weighted by molar-refractivity contribution is 0.00696. The van der Waals surface area contributed by atoms with E-state index in [1.807, 2.05) is 26.8 Å². The highest BCUT2D eigenvalue weighted by Gasteiger charge is 2.23. The number of aromatic nitrogens is 3. The summed E-state index contributed by atoms with van der Waals surface area (Å²) in [5.41, 5.74) is 3.39. The van der Waals surface area contributed by atoms with Gasteiger partial charge in [-0.15, -0.1) is 0 Å². The lowest BCUT2D eigenvalue weighted by atomic mass is 10.0. The highest BCUT2D eigenvalue weighted by molar-refractivity contribution is 5.94. The fourth-order valence-corrected chi connectivity index (χ4v) is 5.26. The molecule has 1 fully saturated rings. The van der Waals surface area contributed by atoms with Crippen LogP contribution in [0.4, 0.5) is 8.78 Å². The summed E-state index contributed by atoms with van der Waals surface area (Å²) < 4.78 is 43.2. The summed E-state index contributed by atoms with van der Waals surface area (Å²) in [6.45, 7) is 7.00. The van der Waals surface area contributed by atoms with Crippen LogP contribution < -0.4 is 10.1 Å². The van der Waals surface area contributed by atoms with E-state index in [4.69, 9.17) is 19.7 Å². The van der Waals surface area contributed by atoms with Crippen LogP contribution in [0.5, 0.6) is 5.88 Å². The Morgan fingerprint density at radius 1 is 1.02 bits per heavy atom. The van der Waals surface area contributed by atoms with Crippen LogP contribution in [0.25, 0.3) is 22.3 Å². The van der Waals surface area contributed by atoms with Crippen molar-refractivity contribution in [1.29, 1.82) is 5.26 Å². The fraction of sp³-hybridized carbons (Fsp3) is 0.278. The molecule has 234 valence electrons. The smallest absolute Gasteiger partial charge is 0.338 e. The van der Waals surface area contributed by atoms with Gasteiger partial charge in [-0.25, -0.2) is 23.5 Å². The minimum atomic E-state index is -0.619. The third kappa shape index (κ3) is 6.90. The third-order valence-electron chi connectivity index (χ3n) is 7.77. The Bertz CT molecular complexity index is 1970. The molecule has 3 aromatic carbocycles. The average molecular weight is 622 g/mol. The minimum absolute atomic E-state index is 0.0715. The number of fused-ring (bicyclic) bond motifs is 1. The Labute approximate surface area is 265 Å². The highest BCUT2D eigenvalue weighted by Crippen LogP contribution is 2.27. The first-order chi connectivity index (χ1) is 22.1. The van der Waals surface area contributed by atoms with Crippen LogP contribution in [-0.4, -0.2) is 38.7 Å². The Morgan fingerprint density at radius 3 is 2.50 bits per heavy atom. The lowest BCUT2D eigenvalue weighted by Crippen LogP contribution is -2.45. The molecule has 2 aromatic heterocycles. The summed E-state index contributed by atoms with van der Waals surface area (Å²) in [5.74, 6) is -0.388. The molecule has 0 saturated carbocycles. The minimum Gasteiger partial charge on any atom is -0.473 e. The molecule has 6 rings (SSSR count). The van der Waals surface area contributed by atoms with Gasteiger partial charge in [0.1, 0.15) is 29.7 Å². The van der Waals surface area contributed by atoms with Crippen LogP contribution in [-0.2, 0) is 24.3 Å². The fourth-order valence-electron chi connectivity index (χ4n) is 5.26. The third-order valence-corrected chi connectivity index (χ3v) is 7.77. The molecule has 3 heterocycles. The van der Waals surface area contributed by atoms with Crippen LogP contribution in [0.3, 0.4) is 0 Å². The standard InChI is InChI=1S/C36H33F2N5O3/c1-36(2,3)46-35(44)25-11-12-31-32(17-25)43(20-27-13-14-40-27)33(41-31)18-23-9-10-24(16-29(23)38)30-5-4-6-34(42-30)45-21-26-8-7-22(19-39)15-28(26)37/h4-12,15-17,27,40H,13-14,18,20-21H2,1-3H3/t27-/m1/s1. The molecule has 0 unspecified atom stereocenters. The summed E-state index contributed by atoms with van der Waals surface area (Å²) >= 11 is 0. The van der Waals surface area contributed by atoms with Crippen molar-refractivity contribution >= 4 is 17.0 Å². The lowest BCUT2D eigenvalue weighted by Gasteiger charge is -2.29. The number of imidazole rings is 1. The number of ether oxygens (including phenoxy) is 2. The zero-order chi connectivity index (χ0) is 32.4. The van der Waals surface area contributed by atoms with Gasteiger partial charge in [-0.2, -0.15) is 5.26 Å². The number of carbonyl (C=O) groups excluding carboxylic acids is 1. The molecule has 1 saturated heterocycles. The SMILES string of the molecule is CC(C)(C)OC(=O)c1ccc2nc(Cc3ccc(-c4cccc(OCc5ccc(C#N)cc5F)n4)cc3F)n(C[C@H]3CCN3)c2c1. The second kappa shape index (κ2) is 12.7. The number of nitrogens with one attached hydrogen (secondary N) is 1. The second-order valence-electron chi connectivity index (χ2n) is 12.3. The van der Waals surface area contributed by atoms with Gasteiger partial charge in [-0.3, -0.25) is 0 Å². The molecule has 46 heavy (non-hydrogen) atoms. The van der Waals surface area contributed by atoms with Crippen LogP contribution in [0.2, 0.25) is 0 Å². The number of nitriles is 1. The second-order valence-corrected chi connectivity index (χ2v) is 12.3. The predicted molar refractivity (Wildman–Crippen MR) is 169 cm³/mol. The quantitative estimate of drug-likeness (QED) is 0.182. The molecule has 10 heteroatoms. The zero-order valence-electron chi connectivity index (χ0n) is 25.8. The first-order valence-corrected chi connectivity index (χ1v) is 15.1. The molecule has 0 amide bonds. The van der Waals surface area contributed by atoms with Gasteiger partial charge in [-0.05, 0) is 81.8 Å². The predicted octanol–water partition coefficient (Wildman–Crippen LogP) is 6.74. The van der Waals surface area contributed by atoms with E-state index in [-0.39, 0.29) is 30.5 Å². The van der Waals surface area contributed by atoms with Crippen molar-refractivity contribution in [2.45, 2.75) is 58.4 Å². The molecule has 0 bridgehead atoms. The number of benzene rings is 3. The van der Waals surface area contributed by atoms with E-state index in [1.165, 1.54) is 18.2 Å². The molecular formula is C36H33F2N5O3. The number of pyridine rings is 1. The Morgan fingerprint density at radius 2 is 1.80 bits per heavy atom. The first-order valence-electron chi connectivity index (χ1n) is 15.1. The monoisotopic (exact) mass is 621 g/mol. The number of hydrogen-bond donors (Lipinski definition) is 1. The Balaban J connectivity index is 1.23. The van der Waals surface area contributed by atoms with Crippen molar-refractivity contribution < 1.29 is 23.0 Å². The number of halogens is 2. The topological polar surface area (TPSA) is 102 Å². The molecule has 1 N–H and O–H groups in total. The molecule has 1 aliphatic heterocycles.